The van der Waals surface area contributed by atoms with Crippen molar-refractivity contribution in [1.29, 1.82) is 0 Å². The Morgan fingerprint density at radius 1 is 0.950 bits per heavy atom. The molecule has 0 spiro atoms. The fourth-order valence-corrected chi connectivity index (χ4v) is 5.30. The van der Waals surface area contributed by atoms with Gasteiger partial charge >= 0.3 is 0 Å². The Bertz CT molecular complexity index is 1790. The average Bonchev–Trinajstić information content (AvgIpc) is 3.16. The van der Waals surface area contributed by atoms with Gasteiger partial charge in [0.15, 0.2) is 10.8 Å². The topological polar surface area (TPSA) is 117 Å². The summed E-state index contributed by atoms with van der Waals surface area (Å²) in [5.74, 6) is -0.249. The van der Waals surface area contributed by atoms with E-state index < -0.39 is 10.0 Å². The highest BCUT2D eigenvalue weighted by atomic mass is 32.2. The summed E-state index contributed by atoms with van der Waals surface area (Å²) >= 11 is 5.37. The molecule has 0 saturated carbocycles. The number of nitrogens with zero attached hydrogens (tertiary/aromatic N) is 2. The van der Waals surface area contributed by atoms with Gasteiger partial charge in [-0.25, -0.2) is 13.6 Å². The Morgan fingerprint density at radius 3 is 2.42 bits per heavy atom. The maximum absolute atomic E-state index is 13.7. The summed E-state index contributed by atoms with van der Waals surface area (Å²) in [5, 5.41) is 14.9. The largest absolute Gasteiger partial charge is 0.331 e. The van der Waals surface area contributed by atoms with Crippen molar-refractivity contribution < 1.29 is 13.2 Å². The summed E-state index contributed by atoms with van der Waals surface area (Å²) < 4.78 is 23.4. The fraction of sp³-hybridized carbons (Fsp3) is 0.167. The van der Waals surface area contributed by atoms with Crippen molar-refractivity contribution in [3.8, 4) is 0 Å². The lowest BCUT2D eigenvalue weighted by molar-refractivity contribution is -0.112. The van der Waals surface area contributed by atoms with E-state index in [0.717, 1.165) is 27.6 Å². The quantitative estimate of drug-likeness (QED) is 0.229. The van der Waals surface area contributed by atoms with Crippen LogP contribution < -0.4 is 20.8 Å². The van der Waals surface area contributed by atoms with E-state index in [-0.39, 0.29) is 27.0 Å². The van der Waals surface area contributed by atoms with Crippen LogP contribution in [0, 0.1) is 0 Å². The zero-order valence-corrected chi connectivity index (χ0v) is 23.9. The van der Waals surface area contributed by atoms with Gasteiger partial charge in [-0.05, 0) is 75.9 Å². The van der Waals surface area contributed by atoms with E-state index in [1.54, 1.807) is 17.0 Å². The Balaban J connectivity index is 1.44. The molecule has 1 heterocycles. The first-order valence-corrected chi connectivity index (χ1v) is 14.6. The first-order valence-electron chi connectivity index (χ1n) is 12.6. The number of sulfonamides is 1. The number of anilines is 2. The highest BCUT2D eigenvalue weighted by Crippen LogP contribution is 2.35. The van der Waals surface area contributed by atoms with Crippen molar-refractivity contribution in [3.63, 3.8) is 0 Å². The normalized spacial score (nSPS) is 14.4. The van der Waals surface area contributed by atoms with Crippen molar-refractivity contribution in [2.75, 3.05) is 10.2 Å². The van der Waals surface area contributed by atoms with Gasteiger partial charge in [0.1, 0.15) is 0 Å². The molecular weight excluding hydrogens is 542 g/mol. The zero-order valence-electron chi connectivity index (χ0n) is 22.3. The minimum Gasteiger partial charge on any atom is -0.331 e. The number of carbonyl (C=O) groups is 1. The van der Waals surface area contributed by atoms with Crippen LogP contribution in [-0.4, -0.2) is 25.1 Å². The van der Waals surface area contributed by atoms with Crippen LogP contribution in [0.15, 0.2) is 94.9 Å². The monoisotopic (exact) mass is 571 g/mol. The molecule has 0 fully saturated rings. The fourth-order valence-electron chi connectivity index (χ4n) is 4.58. The summed E-state index contributed by atoms with van der Waals surface area (Å²) in [6.07, 6.45) is 0. The summed E-state index contributed by atoms with van der Waals surface area (Å²) in [5.41, 5.74) is 6.82. The van der Waals surface area contributed by atoms with Gasteiger partial charge in [0.2, 0.25) is 10.0 Å². The summed E-state index contributed by atoms with van der Waals surface area (Å²) in [4.78, 5) is 15.4. The molecule has 4 N–H and O–H groups in total. The predicted molar refractivity (Wildman–Crippen MR) is 164 cm³/mol. The van der Waals surface area contributed by atoms with Crippen LogP contribution >= 0.6 is 12.2 Å². The number of fused-ring (bicyclic) bond motifs is 2. The number of thiocarbonyl (C=S) groups is 1. The third kappa shape index (κ3) is 5.74. The second-order valence-electron chi connectivity index (χ2n) is 10.7. The molecule has 4 aromatic rings. The summed E-state index contributed by atoms with van der Waals surface area (Å²) in [7, 11) is -3.87. The SMILES string of the molecule is CC(C)(C)c1ccc2c(c1)C(=NNC(=S)Nc1cccc(S(N)(=O)=O)c1)C(=O)N2Cc1ccc2ccccc2c1. The lowest BCUT2D eigenvalue weighted by Gasteiger charge is -2.21. The number of nitrogens with one attached hydrogen (secondary N) is 2. The molecule has 10 heteroatoms. The molecule has 0 unspecified atom stereocenters. The van der Waals surface area contributed by atoms with E-state index in [1.165, 1.54) is 12.1 Å². The molecule has 0 atom stereocenters. The van der Waals surface area contributed by atoms with E-state index >= 15 is 0 Å². The second-order valence-corrected chi connectivity index (χ2v) is 12.6. The van der Waals surface area contributed by atoms with Gasteiger partial charge in [-0.15, -0.1) is 0 Å². The van der Waals surface area contributed by atoms with Crippen molar-refractivity contribution >= 4 is 61.1 Å². The number of primary sulfonamides is 1. The Kier molecular flexibility index (Phi) is 7.17. The molecule has 0 radical (unpaired) electrons. The number of nitrogens with two attached hydrogens (primary N) is 1. The van der Waals surface area contributed by atoms with E-state index in [9.17, 15) is 13.2 Å². The minimum absolute atomic E-state index is 0.0504. The molecule has 5 rings (SSSR count). The highest BCUT2D eigenvalue weighted by molar-refractivity contribution is 7.89. The number of benzene rings is 4. The molecule has 40 heavy (non-hydrogen) atoms. The van der Waals surface area contributed by atoms with E-state index in [0.29, 0.717) is 17.8 Å². The third-order valence-corrected chi connectivity index (χ3v) is 7.80. The van der Waals surface area contributed by atoms with Gasteiger partial charge in [0.05, 0.1) is 17.1 Å². The van der Waals surface area contributed by atoms with Crippen LogP contribution in [0.5, 0.6) is 0 Å². The van der Waals surface area contributed by atoms with E-state index in [1.807, 2.05) is 36.4 Å². The summed E-state index contributed by atoms with van der Waals surface area (Å²) in [6, 6.07) is 26.2. The van der Waals surface area contributed by atoms with Crippen molar-refractivity contribution in [2.45, 2.75) is 37.6 Å². The van der Waals surface area contributed by atoms with Gasteiger partial charge in [0, 0.05) is 11.3 Å². The highest BCUT2D eigenvalue weighted by Gasteiger charge is 2.35. The third-order valence-electron chi connectivity index (χ3n) is 6.70. The number of hydrogen-bond acceptors (Lipinski definition) is 5. The van der Waals surface area contributed by atoms with E-state index in [2.05, 4.69) is 60.9 Å². The average molecular weight is 572 g/mol. The molecule has 0 aromatic heterocycles. The number of amides is 1. The van der Waals surface area contributed by atoms with E-state index in [4.69, 9.17) is 17.4 Å². The second kappa shape index (κ2) is 10.5. The molecule has 0 saturated heterocycles. The summed E-state index contributed by atoms with van der Waals surface area (Å²) in [6.45, 7) is 6.72. The number of carbonyl (C=O) groups excluding carboxylic acids is 1. The van der Waals surface area contributed by atoms with Crippen LogP contribution in [0.1, 0.15) is 37.5 Å². The van der Waals surface area contributed by atoms with Crippen LogP contribution in [0.25, 0.3) is 10.8 Å². The molecule has 1 aliphatic heterocycles. The Labute approximate surface area is 238 Å². The predicted octanol–water partition coefficient (Wildman–Crippen LogP) is 5.02. The standard InChI is InChI=1S/C30H29N5O3S2/c1-30(2,3)22-13-14-26-25(16-22)27(33-34-29(39)32-23-9-6-10-24(17-23)40(31,37)38)28(36)35(26)18-19-11-12-20-7-4-5-8-21(20)15-19/h4-17H,18H2,1-3H3,(H2,31,37,38)(H2,32,34,39). The number of hydrogen-bond donors (Lipinski definition) is 3. The van der Waals surface area contributed by atoms with Crippen molar-refractivity contribution in [1.82, 2.24) is 5.43 Å². The first kappa shape index (κ1) is 27.4. The van der Waals surface area contributed by atoms with Crippen LogP contribution in [0.2, 0.25) is 0 Å². The number of rotatable bonds is 5. The van der Waals surface area contributed by atoms with Crippen LogP contribution in [0.4, 0.5) is 11.4 Å². The van der Waals surface area contributed by atoms with Gasteiger partial charge in [0.25, 0.3) is 5.91 Å². The molecule has 1 amide bonds. The zero-order chi connectivity index (χ0) is 28.7. The van der Waals surface area contributed by atoms with Gasteiger partial charge in [-0.3, -0.25) is 10.2 Å². The van der Waals surface area contributed by atoms with Gasteiger partial charge in [-0.1, -0.05) is 69.3 Å². The smallest absolute Gasteiger partial charge is 0.279 e. The number of hydrazone groups is 1. The molecular formula is C30H29N5O3S2. The molecule has 8 nitrogen and oxygen atoms in total. The minimum atomic E-state index is -3.87. The van der Waals surface area contributed by atoms with Crippen molar-refractivity contribution in [2.24, 2.45) is 10.2 Å². The molecule has 1 aliphatic rings. The molecule has 0 bridgehead atoms. The first-order chi connectivity index (χ1) is 18.9. The van der Waals surface area contributed by atoms with Gasteiger partial charge < -0.3 is 10.2 Å². The lowest BCUT2D eigenvalue weighted by atomic mass is 9.85. The molecule has 0 aliphatic carbocycles. The van der Waals surface area contributed by atoms with Crippen LogP contribution in [-0.2, 0) is 26.8 Å². The van der Waals surface area contributed by atoms with Crippen LogP contribution in [0.3, 0.4) is 0 Å². The Hall–Kier alpha value is -4.12. The lowest BCUT2D eigenvalue weighted by Crippen LogP contribution is -2.32. The molecule has 4 aromatic carbocycles. The van der Waals surface area contributed by atoms with Crippen molar-refractivity contribution in [3.05, 3.63) is 102 Å². The molecule has 204 valence electrons. The Morgan fingerprint density at radius 2 is 1.70 bits per heavy atom. The maximum Gasteiger partial charge on any atom is 0.279 e. The maximum atomic E-state index is 13.7. The van der Waals surface area contributed by atoms with Gasteiger partial charge in [-0.2, -0.15) is 5.10 Å².